The molecule has 0 unspecified atom stereocenters. The molecule has 0 aliphatic heterocycles. The van der Waals surface area contributed by atoms with E-state index < -0.39 is 5.91 Å². The molecule has 0 fully saturated rings. The van der Waals surface area contributed by atoms with Gasteiger partial charge in [-0.2, -0.15) is 0 Å². The predicted molar refractivity (Wildman–Crippen MR) is 90.2 cm³/mol. The van der Waals surface area contributed by atoms with Gasteiger partial charge in [0, 0.05) is 11.1 Å². The Morgan fingerprint density at radius 3 is 2.35 bits per heavy atom. The first kappa shape index (κ1) is 17.0. The first-order valence-corrected chi connectivity index (χ1v) is 7.40. The summed E-state index contributed by atoms with van der Waals surface area (Å²) in [6, 6.07) is 9.00. The van der Waals surface area contributed by atoms with Gasteiger partial charge in [-0.05, 0) is 69.4 Å². The zero-order valence-corrected chi connectivity index (χ0v) is 13.9. The van der Waals surface area contributed by atoms with Gasteiger partial charge in [0.15, 0.2) is 10.9 Å². The molecule has 0 bridgehead atoms. The molecule has 0 atom stereocenters. The Hall–Kier alpha value is -2.41. The zero-order valence-electron chi connectivity index (χ0n) is 13.1. The van der Waals surface area contributed by atoms with E-state index in [4.69, 9.17) is 16.6 Å². The number of amides is 1. The number of halogens is 1. The minimum Gasteiger partial charge on any atom is -0.451 e. The van der Waals surface area contributed by atoms with E-state index in [2.05, 4.69) is 16.2 Å². The van der Waals surface area contributed by atoms with E-state index in [-0.39, 0.29) is 17.1 Å². The molecular weight excluding hydrogens is 317 g/mol. The lowest BCUT2D eigenvalue weighted by molar-refractivity contribution is 0.0916. The van der Waals surface area contributed by atoms with E-state index in [1.807, 2.05) is 20.8 Å². The number of carbonyl (C=O) groups is 1. The van der Waals surface area contributed by atoms with E-state index in [1.165, 1.54) is 18.2 Å². The lowest BCUT2D eigenvalue weighted by atomic mass is 10.1. The van der Waals surface area contributed by atoms with E-state index in [0.29, 0.717) is 16.4 Å². The molecule has 1 heterocycles. The van der Waals surface area contributed by atoms with Crippen LogP contribution in [0.4, 0.5) is 4.39 Å². The number of rotatable bonds is 2. The van der Waals surface area contributed by atoms with Crippen LogP contribution in [0.25, 0.3) is 11.3 Å². The Kier molecular flexibility index (Phi) is 5.00. The molecule has 7 heteroatoms. The molecule has 0 saturated heterocycles. The van der Waals surface area contributed by atoms with Gasteiger partial charge in [0.05, 0.1) is 0 Å². The second-order valence-corrected chi connectivity index (χ2v) is 6.36. The average Bonchev–Trinajstić information content (AvgIpc) is 2.93. The van der Waals surface area contributed by atoms with Crippen molar-refractivity contribution in [3.63, 3.8) is 0 Å². The number of benzene rings is 1. The lowest BCUT2D eigenvalue weighted by Gasteiger charge is -2.22. The Labute approximate surface area is 139 Å². The maximum absolute atomic E-state index is 12.9. The third-order valence-corrected chi connectivity index (χ3v) is 2.94. The smallest absolute Gasteiger partial charge is 0.305 e. The first-order chi connectivity index (χ1) is 10.7. The van der Waals surface area contributed by atoms with Crippen molar-refractivity contribution >= 4 is 23.2 Å². The SMILES string of the molecule is CC(C)(C)NC(=S)NNC(=O)c1ccc(-c2ccc(F)cc2)o1. The van der Waals surface area contributed by atoms with E-state index in [9.17, 15) is 9.18 Å². The van der Waals surface area contributed by atoms with E-state index in [0.717, 1.165) is 0 Å². The highest BCUT2D eigenvalue weighted by Gasteiger charge is 2.14. The summed E-state index contributed by atoms with van der Waals surface area (Å²) in [7, 11) is 0. The van der Waals surface area contributed by atoms with Gasteiger partial charge in [0.25, 0.3) is 0 Å². The van der Waals surface area contributed by atoms with Gasteiger partial charge in [-0.1, -0.05) is 0 Å². The largest absolute Gasteiger partial charge is 0.451 e. The molecule has 0 spiro atoms. The Morgan fingerprint density at radius 1 is 1.09 bits per heavy atom. The number of nitrogens with one attached hydrogen (secondary N) is 3. The summed E-state index contributed by atoms with van der Waals surface area (Å²) in [6.45, 7) is 5.85. The third kappa shape index (κ3) is 5.07. The van der Waals surface area contributed by atoms with Crippen LogP contribution in [0.3, 0.4) is 0 Å². The van der Waals surface area contributed by atoms with Crippen LogP contribution in [-0.2, 0) is 0 Å². The molecule has 0 aliphatic carbocycles. The fraction of sp³-hybridized carbons (Fsp3) is 0.250. The van der Waals surface area contributed by atoms with Crippen molar-refractivity contribution in [2.75, 3.05) is 0 Å². The van der Waals surface area contributed by atoms with Crippen LogP contribution in [0.15, 0.2) is 40.8 Å². The zero-order chi connectivity index (χ0) is 17.0. The summed E-state index contributed by atoms with van der Waals surface area (Å²) in [4.78, 5) is 12.0. The summed E-state index contributed by atoms with van der Waals surface area (Å²) in [6.07, 6.45) is 0. The minimum atomic E-state index is -0.462. The van der Waals surface area contributed by atoms with Crippen LogP contribution in [0, 0.1) is 5.82 Å². The van der Waals surface area contributed by atoms with E-state index in [1.54, 1.807) is 18.2 Å². The van der Waals surface area contributed by atoms with Gasteiger partial charge in [-0.3, -0.25) is 15.6 Å². The van der Waals surface area contributed by atoms with Crippen molar-refractivity contribution in [2.24, 2.45) is 0 Å². The second kappa shape index (κ2) is 6.78. The molecule has 122 valence electrons. The molecule has 3 N–H and O–H groups in total. The van der Waals surface area contributed by atoms with Gasteiger partial charge < -0.3 is 9.73 Å². The second-order valence-electron chi connectivity index (χ2n) is 5.95. The molecule has 23 heavy (non-hydrogen) atoms. The highest BCUT2D eigenvalue weighted by atomic mass is 32.1. The molecular formula is C16H18FN3O2S. The van der Waals surface area contributed by atoms with Crippen LogP contribution in [0.5, 0.6) is 0 Å². The topological polar surface area (TPSA) is 66.3 Å². The molecule has 1 aromatic heterocycles. The van der Waals surface area contributed by atoms with Crippen LogP contribution in [0.2, 0.25) is 0 Å². The van der Waals surface area contributed by atoms with Crippen LogP contribution < -0.4 is 16.2 Å². The van der Waals surface area contributed by atoms with Crippen molar-refractivity contribution in [1.82, 2.24) is 16.2 Å². The quantitative estimate of drug-likeness (QED) is 0.582. The van der Waals surface area contributed by atoms with Crippen molar-refractivity contribution in [3.8, 4) is 11.3 Å². The van der Waals surface area contributed by atoms with Gasteiger partial charge >= 0.3 is 5.91 Å². The molecule has 5 nitrogen and oxygen atoms in total. The van der Waals surface area contributed by atoms with Crippen LogP contribution in [-0.4, -0.2) is 16.6 Å². The number of hydrazine groups is 1. The standard InChI is InChI=1S/C16H18FN3O2S/c1-16(2,3)18-15(23)20-19-14(21)13-9-8-12(22-13)10-4-6-11(17)7-5-10/h4-9H,1-3H3,(H,19,21)(H2,18,20,23). The maximum atomic E-state index is 12.9. The number of carbonyl (C=O) groups excluding carboxylic acids is 1. The van der Waals surface area contributed by atoms with Crippen molar-refractivity contribution < 1.29 is 13.6 Å². The predicted octanol–water partition coefficient (Wildman–Crippen LogP) is 2.99. The Bertz CT molecular complexity index is 705. The first-order valence-electron chi connectivity index (χ1n) is 6.99. The highest BCUT2D eigenvalue weighted by molar-refractivity contribution is 7.80. The summed E-state index contributed by atoms with van der Waals surface area (Å²) >= 11 is 5.06. The van der Waals surface area contributed by atoms with Gasteiger partial charge in [-0.15, -0.1) is 0 Å². The molecule has 0 aliphatic rings. The molecule has 0 radical (unpaired) electrons. The number of hydrogen-bond donors (Lipinski definition) is 3. The van der Waals surface area contributed by atoms with Crippen LogP contribution in [0.1, 0.15) is 31.3 Å². The normalized spacial score (nSPS) is 11.0. The lowest BCUT2D eigenvalue weighted by Crippen LogP contribution is -2.52. The van der Waals surface area contributed by atoms with Crippen molar-refractivity contribution in [2.45, 2.75) is 26.3 Å². The van der Waals surface area contributed by atoms with Crippen molar-refractivity contribution in [1.29, 1.82) is 0 Å². The third-order valence-electron chi connectivity index (χ3n) is 2.74. The number of thiocarbonyl (C=S) groups is 1. The van der Waals surface area contributed by atoms with Gasteiger partial charge in [0.2, 0.25) is 0 Å². The monoisotopic (exact) mass is 335 g/mol. The molecule has 1 amide bonds. The van der Waals surface area contributed by atoms with Gasteiger partial charge in [-0.25, -0.2) is 4.39 Å². The number of furan rings is 1. The van der Waals surface area contributed by atoms with E-state index >= 15 is 0 Å². The Balaban J connectivity index is 1.96. The van der Waals surface area contributed by atoms with Crippen molar-refractivity contribution in [3.05, 3.63) is 48.0 Å². The summed E-state index contributed by atoms with van der Waals surface area (Å²) in [5.74, 6) is -0.195. The minimum absolute atomic E-state index is 0.121. The fourth-order valence-electron chi connectivity index (χ4n) is 1.78. The maximum Gasteiger partial charge on any atom is 0.305 e. The fourth-order valence-corrected chi connectivity index (χ4v) is 2.13. The highest BCUT2D eigenvalue weighted by Crippen LogP contribution is 2.22. The number of hydrogen-bond acceptors (Lipinski definition) is 3. The Morgan fingerprint density at radius 2 is 1.74 bits per heavy atom. The summed E-state index contributed by atoms with van der Waals surface area (Å²) in [5.41, 5.74) is 5.52. The summed E-state index contributed by atoms with van der Waals surface area (Å²) < 4.78 is 18.4. The molecule has 2 aromatic rings. The molecule has 2 rings (SSSR count). The summed E-state index contributed by atoms with van der Waals surface area (Å²) in [5, 5.41) is 3.30. The van der Waals surface area contributed by atoms with Gasteiger partial charge in [0.1, 0.15) is 11.6 Å². The molecule has 1 aromatic carbocycles. The van der Waals surface area contributed by atoms with Crippen LogP contribution >= 0.6 is 12.2 Å². The molecule has 0 saturated carbocycles. The average molecular weight is 335 g/mol.